The summed E-state index contributed by atoms with van der Waals surface area (Å²) in [6, 6.07) is 9.70. The predicted octanol–water partition coefficient (Wildman–Crippen LogP) is 1.65. The van der Waals surface area contributed by atoms with Crippen molar-refractivity contribution in [3.63, 3.8) is 0 Å². The van der Waals surface area contributed by atoms with Gasteiger partial charge in [0, 0.05) is 25.6 Å². The highest BCUT2D eigenvalue weighted by molar-refractivity contribution is 5.78. The molecule has 1 aromatic carbocycles. The Morgan fingerprint density at radius 2 is 1.96 bits per heavy atom. The van der Waals surface area contributed by atoms with Crippen molar-refractivity contribution >= 4 is 11.8 Å². The summed E-state index contributed by atoms with van der Waals surface area (Å²) in [5.41, 5.74) is 1.10. The molecule has 0 aliphatic carbocycles. The molecule has 0 aromatic heterocycles. The lowest BCUT2D eigenvalue weighted by Gasteiger charge is -2.32. The van der Waals surface area contributed by atoms with Gasteiger partial charge >= 0.3 is 0 Å². The van der Waals surface area contributed by atoms with E-state index in [1.807, 2.05) is 30.3 Å². The lowest BCUT2D eigenvalue weighted by Crippen LogP contribution is -2.46. The highest BCUT2D eigenvalue weighted by Gasteiger charge is 2.23. The molecule has 2 amide bonds. The fraction of sp³-hybridized carbons (Fsp3) is 0.500. The highest BCUT2D eigenvalue weighted by Crippen LogP contribution is 2.14. The SMILES string of the molecule is COc1ccc(CCC(=O)NC2CCN(C(=O)CC#N)CC2)cc1. The van der Waals surface area contributed by atoms with Crippen LogP contribution >= 0.6 is 0 Å². The first-order chi connectivity index (χ1) is 11.6. The number of carbonyl (C=O) groups is 2. The van der Waals surface area contributed by atoms with Gasteiger partial charge in [0.15, 0.2) is 0 Å². The van der Waals surface area contributed by atoms with Crippen LogP contribution in [0.4, 0.5) is 0 Å². The van der Waals surface area contributed by atoms with Gasteiger partial charge in [-0.1, -0.05) is 12.1 Å². The first-order valence-corrected chi connectivity index (χ1v) is 8.19. The minimum atomic E-state index is -0.123. The summed E-state index contributed by atoms with van der Waals surface area (Å²) in [5, 5.41) is 11.6. The summed E-state index contributed by atoms with van der Waals surface area (Å²) >= 11 is 0. The van der Waals surface area contributed by atoms with Gasteiger partial charge in [-0.05, 0) is 37.0 Å². The first kappa shape index (κ1) is 17.8. The van der Waals surface area contributed by atoms with Crippen molar-refractivity contribution in [2.24, 2.45) is 0 Å². The number of likely N-dealkylation sites (tertiary alicyclic amines) is 1. The lowest BCUT2D eigenvalue weighted by molar-refractivity contribution is -0.131. The van der Waals surface area contributed by atoms with Gasteiger partial charge in [0.2, 0.25) is 11.8 Å². The fourth-order valence-corrected chi connectivity index (χ4v) is 2.80. The molecule has 1 saturated heterocycles. The number of benzene rings is 1. The van der Waals surface area contributed by atoms with Crippen LogP contribution in [-0.4, -0.2) is 43.0 Å². The van der Waals surface area contributed by atoms with E-state index in [2.05, 4.69) is 5.32 Å². The molecule has 1 heterocycles. The Morgan fingerprint density at radius 1 is 1.29 bits per heavy atom. The zero-order valence-electron chi connectivity index (χ0n) is 14.0. The molecule has 0 bridgehead atoms. The number of ether oxygens (including phenoxy) is 1. The van der Waals surface area contributed by atoms with E-state index in [4.69, 9.17) is 10.00 Å². The number of nitrogens with zero attached hydrogens (tertiary/aromatic N) is 2. The molecule has 0 unspecified atom stereocenters. The molecule has 24 heavy (non-hydrogen) atoms. The third kappa shape index (κ3) is 5.27. The van der Waals surface area contributed by atoms with Gasteiger partial charge < -0.3 is 15.0 Å². The van der Waals surface area contributed by atoms with E-state index < -0.39 is 0 Å². The van der Waals surface area contributed by atoms with Crippen molar-refractivity contribution in [3.8, 4) is 11.8 Å². The maximum Gasteiger partial charge on any atom is 0.236 e. The molecule has 0 atom stereocenters. The Morgan fingerprint density at radius 3 is 2.54 bits per heavy atom. The van der Waals surface area contributed by atoms with E-state index in [1.165, 1.54) is 0 Å². The molecule has 6 nitrogen and oxygen atoms in total. The smallest absolute Gasteiger partial charge is 0.236 e. The number of nitriles is 1. The molecule has 0 radical (unpaired) electrons. The maximum absolute atomic E-state index is 12.1. The van der Waals surface area contributed by atoms with E-state index in [0.29, 0.717) is 25.9 Å². The second-order valence-corrected chi connectivity index (χ2v) is 5.91. The summed E-state index contributed by atoms with van der Waals surface area (Å²) in [6.45, 7) is 1.20. The van der Waals surface area contributed by atoms with Gasteiger partial charge in [-0.15, -0.1) is 0 Å². The van der Waals surface area contributed by atoms with Crippen LogP contribution in [0.1, 0.15) is 31.2 Å². The molecule has 1 aliphatic rings. The van der Waals surface area contributed by atoms with Gasteiger partial charge in [0.05, 0.1) is 13.2 Å². The van der Waals surface area contributed by atoms with Gasteiger partial charge in [0.1, 0.15) is 12.2 Å². The van der Waals surface area contributed by atoms with E-state index in [-0.39, 0.29) is 24.3 Å². The number of methoxy groups -OCH3 is 1. The number of carbonyl (C=O) groups excluding carboxylic acids is 2. The quantitative estimate of drug-likeness (QED) is 0.860. The molecule has 128 valence electrons. The van der Waals surface area contributed by atoms with Crippen LogP contribution in [-0.2, 0) is 16.0 Å². The number of rotatable bonds is 6. The maximum atomic E-state index is 12.1. The van der Waals surface area contributed by atoms with Crippen LogP contribution < -0.4 is 10.1 Å². The highest BCUT2D eigenvalue weighted by atomic mass is 16.5. The summed E-state index contributed by atoms with van der Waals surface area (Å²) in [4.78, 5) is 25.4. The first-order valence-electron chi connectivity index (χ1n) is 8.19. The third-order valence-corrected chi connectivity index (χ3v) is 4.24. The minimum Gasteiger partial charge on any atom is -0.497 e. The van der Waals surface area contributed by atoms with Crippen molar-refractivity contribution in [1.29, 1.82) is 5.26 Å². The zero-order chi connectivity index (χ0) is 17.4. The van der Waals surface area contributed by atoms with E-state index >= 15 is 0 Å². The monoisotopic (exact) mass is 329 g/mol. The van der Waals surface area contributed by atoms with Crippen LogP contribution in [0, 0.1) is 11.3 Å². The Hall–Kier alpha value is -2.55. The van der Waals surface area contributed by atoms with Crippen LogP contribution in [0.15, 0.2) is 24.3 Å². The van der Waals surface area contributed by atoms with Gasteiger partial charge in [-0.3, -0.25) is 9.59 Å². The normalized spacial score (nSPS) is 14.8. The van der Waals surface area contributed by atoms with Gasteiger partial charge in [0.25, 0.3) is 0 Å². The van der Waals surface area contributed by atoms with Crippen molar-refractivity contribution in [1.82, 2.24) is 10.2 Å². The average molecular weight is 329 g/mol. The van der Waals surface area contributed by atoms with Crippen LogP contribution in [0.2, 0.25) is 0 Å². The Labute approximate surface area is 142 Å². The van der Waals surface area contributed by atoms with Crippen molar-refractivity contribution < 1.29 is 14.3 Å². The molecule has 2 rings (SSSR count). The minimum absolute atomic E-state index is 0.0348. The van der Waals surface area contributed by atoms with Crippen LogP contribution in [0.3, 0.4) is 0 Å². The molecular weight excluding hydrogens is 306 g/mol. The molecule has 6 heteroatoms. The van der Waals surface area contributed by atoms with Crippen molar-refractivity contribution in [2.45, 2.75) is 38.1 Å². The van der Waals surface area contributed by atoms with Gasteiger partial charge in [-0.2, -0.15) is 5.26 Å². The molecular formula is C18H23N3O3. The van der Waals surface area contributed by atoms with E-state index in [0.717, 1.165) is 24.2 Å². The van der Waals surface area contributed by atoms with Crippen LogP contribution in [0.5, 0.6) is 5.75 Å². The van der Waals surface area contributed by atoms with Gasteiger partial charge in [-0.25, -0.2) is 0 Å². The average Bonchev–Trinajstić information content (AvgIpc) is 2.61. The third-order valence-electron chi connectivity index (χ3n) is 4.24. The molecule has 0 spiro atoms. The molecule has 1 N–H and O–H groups in total. The Balaban J connectivity index is 1.69. The van der Waals surface area contributed by atoms with Crippen molar-refractivity contribution in [3.05, 3.63) is 29.8 Å². The molecule has 1 fully saturated rings. The summed E-state index contributed by atoms with van der Waals surface area (Å²) in [5.74, 6) is 0.718. The zero-order valence-corrected chi connectivity index (χ0v) is 14.0. The lowest BCUT2D eigenvalue weighted by atomic mass is 10.0. The van der Waals surface area contributed by atoms with Crippen molar-refractivity contribution in [2.75, 3.05) is 20.2 Å². The summed E-state index contributed by atoms with van der Waals surface area (Å²) in [7, 11) is 1.63. The fourth-order valence-electron chi connectivity index (χ4n) is 2.80. The summed E-state index contributed by atoms with van der Waals surface area (Å²) < 4.78 is 5.11. The summed E-state index contributed by atoms with van der Waals surface area (Å²) in [6.07, 6.45) is 2.55. The standard InChI is InChI=1S/C18H23N3O3/c1-24-16-5-2-14(3-6-16)4-7-17(22)20-15-9-12-21(13-10-15)18(23)8-11-19/h2-3,5-6,15H,4,7-10,12-13H2,1H3,(H,20,22). The topological polar surface area (TPSA) is 82.4 Å². The van der Waals surface area contributed by atoms with Crippen LogP contribution in [0.25, 0.3) is 0 Å². The number of piperidine rings is 1. The van der Waals surface area contributed by atoms with E-state index in [1.54, 1.807) is 12.0 Å². The molecule has 1 aromatic rings. The number of nitrogens with one attached hydrogen (secondary N) is 1. The second kappa shape index (κ2) is 8.92. The largest absolute Gasteiger partial charge is 0.497 e. The Kier molecular flexibility index (Phi) is 6.62. The Bertz CT molecular complexity index is 599. The van der Waals surface area contributed by atoms with E-state index in [9.17, 15) is 9.59 Å². The number of hydrogen-bond acceptors (Lipinski definition) is 4. The number of hydrogen-bond donors (Lipinski definition) is 1. The number of amides is 2. The second-order valence-electron chi connectivity index (χ2n) is 5.91. The molecule has 1 aliphatic heterocycles. The number of aryl methyl sites for hydroxylation is 1. The molecule has 0 saturated carbocycles. The predicted molar refractivity (Wildman–Crippen MR) is 89.3 cm³/mol.